The Morgan fingerprint density at radius 1 is 1.48 bits per heavy atom. The van der Waals surface area contributed by atoms with E-state index in [0.29, 0.717) is 5.56 Å². The van der Waals surface area contributed by atoms with E-state index >= 15 is 0 Å². The zero-order valence-electron chi connectivity index (χ0n) is 12.2. The maximum absolute atomic E-state index is 12.2. The molecule has 4 nitrogen and oxygen atoms in total. The van der Waals surface area contributed by atoms with Crippen molar-refractivity contribution >= 4 is 17.2 Å². The molecule has 0 aliphatic rings. The summed E-state index contributed by atoms with van der Waals surface area (Å²) in [4.78, 5) is 13.0. The summed E-state index contributed by atoms with van der Waals surface area (Å²) in [5.74, 6) is 6.87. The number of rotatable bonds is 3. The number of carbonyl (C=O) groups excluding carboxylic acids is 1. The number of hydrogen-bond acceptors (Lipinski definition) is 4. The third-order valence-corrected chi connectivity index (χ3v) is 3.89. The molecule has 0 spiro atoms. The zero-order valence-corrected chi connectivity index (χ0v) is 13.0. The predicted octanol–water partition coefficient (Wildman–Crippen LogP) is 2.79. The molecule has 2 heterocycles. The van der Waals surface area contributed by atoms with Crippen molar-refractivity contribution in [2.45, 2.75) is 26.8 Å². The van der Waals surface area contributed by atoms with Crippen LogP contribution in [0.4, 0.5) is 0 Å². The van der Waals surface area contributed by atoms with Gasteiger partial charge in [-0.15, -0.1) is 11.3 Å². The molecule has 0 aromatic carbocycles. The van der Waals surface area contributed by atoms with Gasteiger partial charge in [-0.1, -0.05) is 11.8 Å². The van der Waals surface area contributed by atoms with Crippen molar-refractivity contribution < 1.29 is 14.3 Å². The molecule has 2 rings (SSSR count). The van der Waals surface area contributed by atoms with Crippen LogP contribution in [-0.2, 0) is 0 Å². The second kappa shape index (κ2) is 6.61. The van der Waals surface area contributed by atoms with Gasteiger partial charge in [0.2, 0.25) is 0 Å². The number of thiophene rings is 1. The topological polar surface area (TPSA) is 62.5 Å². The highest BCUT2D eigenvalue weighted by Gasteiger charge is 2.16. The number of aliphatic hydroxyl groups excluding tert-OH is 1. The Labute approximate surface area is 127 Å². The molecular formula is C16H17NO3S. The summed E-state index contributed by atoms with van der Waals surface area (Å²) in [6, 6.07) is 3.54. The van der Waals surface area contributed by atoms with E-state index in [1.165, 1.54) is 11.3 Å². The van der Waals surface area contributed by atoms with Crippen LogP contribution in [0.3, 0.4) is 0 Å². The van der Waals surface area contributed by atoms with E-state index in [-0.39, 0.29) is 18.6 Å². The van der Waals surface area contributed by atoms with Crippen molar-refractivity contribution in [1.29, 1.82) is 0 Å². The number of aryl methyl sites for hydroxylation is 2. The summed E-state index contributed by atoms with van der Waals surface area (Å²) < 4.78 is 5.48. The minimum absolute atomic E-state index is 0.123. The fourth-order valence-corrected chi connectivity index (χ4v) is 2.84. The van der Waals surface area contributed by atoms with Crippen molar-refractivity contribution in [3.8, 4) is 11.8 Å². The molecular weight excluding hydrogens is 286 g/mol. The van der Waals surface area contributed by atoms with Gasteiger partial charge in [0, 0.05) is 10.9 Å². The van der Waals surface area contributed by atoms with Gasteiger partial charge in [0.05, 0.1) is 16.5 Å². The van der Waals surface area contributed by atoms with Gasteiger partial charge in [-0.05, 0) is 32.9 Å². The van der Waals surface area contributed by atoms with E-state index in [1.807, 2.05) is 26.8 Å². The van der Waals surface area contributed by atoms with E-state index in [4.69, 9.17) is 9.52 Å². The van der Waals surface area contributed by atoms with Gasteiger partial charge in [-0.3, -0.25) is 4.79 Å². The third-order valence-electron chi connectivity index (χ3n) is 3.05. The molecule has 110 valence electrons. The number of nitrogens with one attached hydrogen (secondary N) is 1. The Balaban J connectivity index is 2.07. The number of amides is 1. The Hall–Kier alpha value is -2.03. The van der Waals surface area contributed by atoms with Crippen molar-refractivity contribution in [1.82, 2.24) is 5.32 Å². The molecule has 2 aromatic heterocycles. The summed E-state index contributed by atoms with van der Waals surface area (Å²) in [7, 11) is 0. The molecule has 0 bridgehead atoms. The quantitative estimate of drug-likeness (QED) is 0.857. The maximum atomic E-state index is 12.2. The van der Waals surface area contributed by atoms with Crippen LogP contribution in [0.25, 0.3) is 0 Å². The minimum atomic E-state index is -0.185. The lowest BCUT2D eigenvalue weighted by atomic mass is 10.1. The summed E-state index contributed by atoms with van der Waals surface area (Å²) in [6.07, 6.45) is 0. The summed E-state index contributed by atoms with van der Waals surface area (Å²) in [5, 5.41) is 13.4. The first-order valence-corrected chi connectivity index (χ1v) is 7.45. The average molecular weight is 303 g/mol. The number of hydrogen-bond donors (Lipinski definition) is 2. The average Bonchev–Trinajstić information content (AvgIpc) is 3.03. The number of furan rings is 1. The Kier molecular flexibility index (Phi) is 4.84. The largest absolute Gasteiger partial charge is 0.466 e. The fraction of sp³-hybridized carbons (Fsp3) is 0.312. The molecule has 0 aliphatic heterocycles. The monoisotopic (exact) mass is 303 g/mol. The molecule has 0 aliphatic carbocycles. The van der Waals surface area contributed by atoms with Crippen molar-refractivity contribution in [2.24, 2.45) is 0 Å². The number of aliphatic hydroxyl groups is 1. The highest BCUT2D eigenvalue weighted by molar-refractivity contribution is 7.10. The normalized spacial score (nSPS) is 11.6. The van der Waals surface area contributed by atoms with Crippen LogP contribution in [0.1, 0.15) is 45.3 Å². The van der Waals surface area contributed by atoms with Crippen LogP contribution >= 0.6 is 11.3 Å². The maximum Gasteiger partial charge on any atom is 0.252 e. The lowest BCUT2D eigenvalue weighted by molar-refractivity contribution is 0.0940. The molecule has 2 N–H and O–H groups in total. The zero-order chi connectivity index (χ0) is 15.4. The number of carbonyl (C=O) groups is 1. The summed E-state index contributed by atoms with van der Waals surface area (Å²) in [6.45, 7) is 5.51. The Bertz CT molecular complexity index is 703. The molecule has 1 unspecified atom stereocenters. The van der Waals surface area contributed by atoms with Crippen LogP contribution in [-0.4, -0.2) is 17.6 Å². The minimum Gasteiger partial charge on any atom is -0.466 e. The molecule has 5 heteroatoms. The van der Waals surface area contributed by atoms with Crippen LogP contribution in [0.5, 0.6) is 0 Å². The van der Waals surface area contributed by atoms with E-state index < -0.39 is 0 Å². The second-order valence-corrected chi connectivity index (χ2v) is 5.63. The molecule has 0 saturated carbocycles. The molecule has 2 aromatic rings. The lowest BCUT2D eigenvalue weighted by Crippen LogP contribution is -2.26. The summed E-state index contributed by atoms with van der Waals surface area (Å²) >= 11 is 1.38. The molecule has 1 amide bonds. The van der Waals surface area contributed by atoms with Gasteiger partial charge in [0.15, 0.2) is 0 Å². The van der Waals surface area contributed by atoms with E-state index in [1.54, 1.807) is 11.4 Å². The molecule has 21 heavy (non-hydrogen) atoms. The lowest BCUT2D eigenvalue weighted by Gasteiger charge is -2.12. The van der Waals surface area contributed by atoms with Gasteiger partial charge >= 0.3 is 0 Å². The van der Waals surface area contributed by atoms with E-state index in [2.05, 4.69) is 17.2 Å². The third kappa shape index (κ3) is 3.75. The van der Waals surface area contributed by atoms with Crippen LogP contribution in [0, 0.1) is 25.7 Å². The highest BCUT2D eigenvalue weighted by atomic mass is 32.1. The molecule has 0 saturated heterocycles. The van der Waals surface area contributed by atoms with Gasteiger partial charge in [0.25, 0.3) is 5.91 Å². The summed E-state index contributed by atoms with van der Waals surface area (Å²) in [5.41, 5.74) is 1.56. The van der Waals surface area contributed by atoms with Crippen molar-refractivity contribution in [3.63, 3.8) is 0 Å². The van der Waals surface area contributed by atoms with Gasteiger partial charge < -0.3 is 14.8 Å². The molecule has 0 fully saturated rings. The second-order valence-electron chi connectivity index (χ2n) is 4.72. The fourth-order valence-electron chi connectivity index (χ4n) is 2.09. The Morgan fingerprint density at radius 3 is 2.86 bits per heavy atom. The highest BCUT2D eigenvalue weighted by Crippen LogP contribution is 2.22. The van der Waals surface area contributed by atoms with Crippen LogP contribution in [0.15, 0.2) is 21.9 Å². The smallest absolute Gasteiger partial charge is 0.252 e. The Morgan fingerprint density at radius 2 is 2.24 bits per heavy atom. The first-order chi connectivity index (χ1) is 10.0. The first kappa shape index (κ1) is 15.4. The van der Waals surface area contributed by atoms with Gasteiger partial charge in [-0.2, -0.15) is 0 Å². The first-order valence-electron chi connectivity index (χ1n) is 6.57. The standard InChI is InChI=1S/C16H17NO3S/c1-10-7-15(12(3)20-10)11(2)17-16(19)13-8-14(21-9-13)5-4-6-18/h7-9,11,18H,6H2,1-3H3,(H,17,19). The predicted molar refractivity (Wildman–Crippen MR) is 82.3 cm³/mol. The molecule has 0 radical (unpaired) electrons. The van der Waals surface area contributed by atoms with E-state index in [9.17, 15) is 4.79 Å². The van der Waals surface area contributed by atoms with Crippen molar-refractivity contribution in [2.75, 3.05) is 6.61 Å². The SMILES string of the molecule is Cc1cc(C(C)NC(=O)c2csc(C#CCO)c2)c(C)o1. The van der Waals surface area contributed by atoms with Gasteiger partial charge in [0.1, 0.15) is 18.1 Å². The van der Waals surface area contributed by atoms with E-state index in [0.717, 1.165) is 22.0 Å². The van der Waals surface area contributed by atoms with Crippen LogP contribution in [0.2, 0.25) is 0 Å². The molecule has 1 atom stereocenters. The van der Waals surface area contributed by atoms with Crippen molar-refractivity contribution in [3.05, 3.63) is 45.0 Å². The van der Waals surface area contributed by atoms with Crippen LogP contribution < -0.4 is 5.32 Å². The van der Waals surface area contributed by atoms with Gasteiger partial charge in [-0.25, -0.2) is 0 Å².